The topological polar surface area (TPSA) is 70.6 Å². The molecule has 154 valence electrons. The van der Waals surface area contributed by atoms with Gasteiger partial charge in [-0.25, -0.2) is 8.42 Å². The zero-order chi connectivity index (χ0) is 20.7. The zero-order valence-corrected chi connectivity index (χ0v) is 16.9. The van der Waals surface area contributed by atoms with Crippen molar-refractivity contribution in [3.63, 3.8) is 0 Å². The molecule has 2 atom stereocenters. The number of aliphatic imine (C=N–C) groups is 1. The Morgan fingerprint density at radius 2 is 1.89 bits per heavy atom. The van der Waals surface area contributed by atoms with Crippen LogP contribution in [0.25, 0.3) is 0 Å². The molecule has 1 rings (SSSR count). The number of halogens is 3. The van der Waals surface area contributed by atoms with E-state index in [1.807, 2.05) is 13.8 Å². The van der Waals surface area contributed by atoms with Crippen molar-refractivity contribution in [3.8, 4) is 0 Å². The highest BCUT2D eigenvalue weighted by molar-refractivity contribution is 7.90. The monoisotopic (exact) mass is 407 g/mol. The van der Waals surface area contributed by atoms with Crippen LogP contribution >= 0.6 is 0 Å². The van der Waals surface area contributed by atoms with Gasteiger partial charge in [-0.2, -0.15) is 13.2 Å². The van der Waals surface area contributed by atoms with Crippen LogP contribution in [0.5, 0.6) is 0 Å². The molecule has 0 heterocycles. The lowest BCUT2D eigenvalue weighted by molar-refractivity contribution is -0.137. The van der Waals surface area contributed by atoms with Crippen molar-refractivity contribution in [2.75, 3.05) is 25.6 Å². The summed E-state index contributed by atoms with van der Waals surface area (Å²) in [6, 6.07) is 5.29. The van der Waals surface area contributed by atoms with Crippen molar-refractivity contribution in [1.82, 2.24) is 10.6 Å². The average Bonchev–Trinajstić information content (AvgIpc) is 2.57. The van der Waals surface area contributed by atoms with Crippen molar-refractivity contribution in [2.45, 2.75) is 44.8 Å². The molecule has 0 aliphatic carbocycles. The molecule has 0 saturated carbocycles. The summed E-state index contributed by atoms with van der Waals surface area (Å²) in [6.07, 6.45) is -2.07. The predicted molar refractivity (Wildman–Crippen MR) is 103 cm³/mol. The Labute approximate surface area is 159 Å². The molecule has 0 saturated heterocycles. The van der Waals surface area contributed by atoms with Crippen LogP contribution in [0, 0.1) is 0 Å². The Balaban J connectivity index is 2.51. The molecular weight excluding hydrogens is 379 g/mol. The Bertz CT molecular complexity index is 734. The molecule has 0 bridgehead atoms. The van der Waals surface area contributed by atoms with Crippen molar-refractivity contribution in [1.29, 1.82) is 0 Å². The molecule has 1 aromatic rings. The fourth-order valence-electron chi connectivity index (χ4n) is 2.49. The predicted octanol–water partition coefficient (Wildman–Crippen LogP) is 3.19. The summed E-state index contributed by atoms with van der Waals surface area (Å²) in [5, 5.41) is 6.22. The van der Waals surface area contributed by atoms with E-state index in [2.05, 4.69) is 15.6 Å². The third-order valence-electron chi connectivity index (χ3n) is 4.18. The minimum Gasteiger partial charge on any atom is -0.356 e. The van der Waals surface area contributed by atoms with E-state index in [1.54, 1.807) is 13.1 Å². The van der Waals surface area contributed by atoms with Gasteiger partial charge in [0, 0.05) is 25.9 Å². The molecule has 27 heavy (non-hydrogen) atoms. The summed E-state index contributed by atoms with van der Waals surface area (Å²) in [7, 11) is -1.41. The van der Waals surface area contributed by atoms with Crippen molar-refractivity contribution in [3.05, 3.63) is 35.4 Å². The number of hydrogen-bond acceptors (Lipinski definition) is 3. The zero-order valence-electron chi connectivity index (χ0n) is 16.1. The third-order valence-corrected chi connectivity index (χ3v) is 5.16. The summed E-state index contributed by atoms with van der Waals surface area (Å²) in [4.78, 5) is 4.08. The largest absolute Gasteiger partial charge is 0.416 e. The number of benzene rings is 1. The van der Waals surface area contributed by atoms with Gasteiger partial charge < -0.3 is 10.6 Å². The van der Waals surface area contributed by atoms with Gasteiger partial charge in [0.15, 0.2) is 5.96 Å². The second kappa shape index (κ2) is 9.96. The average molecular weight is 408 g/mol. The fraction of sp³-hybridized carbons (Fsp3) is 0.611. The molecule has 0 spiro atoms. The highest BCUT2D eigenvalue weighted by atomic mass is 32.2. The van der Waals surface area contributed by atoms with Crippen molar-refractivity contribution >= 4 is 15.8 Å². The number of nitrogens with zero attached hydrogens (tertiary/aromatic N) is 1. The highest BCUT2D eigenvalue weighted by Gasteiger charge is 2.30. The Kier molecular flexibility index (Phi) is 8.59. The lowest BCUT2D eigenvalue weighted by atomic mass is 9.96. The van der Waals surface area contributed by atoms with Crippen LogP contribution in [0.3, 0.4) is 0 Å². The molecule has 2 unspecified atom stereocenters. The number of nitrogens with one attached hydrogen (secondary N) is 2. The Morgan fingerprint density at radius 1 is 1.22 bits per heavy atom. The summed E-state index contributed by atoms with van der Waals surface area (Å²) < 4.78 is 60.9. The molecular formula is C18H28F3N3O2S. The van der Waals surface area contributed by atoms with Crippen LogP contribution in [0.1, 0.15) is 43.7 Å². The van der Waals surface area contributed by atoms with E-state index in [4.69, 9.17) is 0 Å². The number of guanidine groups is 1. The van der Waals surface area contributed by atoms with E-state index in [0.29, 0.717) is 30.9 Å². The van der Waals surface area contributed by atoms with Gasteiger partial charge in [0.05, 0.1) is 11.3 Å². The van der Waals surface area contributed by atoms with Gasteiger partial charge in [-0.3, -0.25) is 4.99 Å². The second-order valence-corrected chi connectivity index (χ2v) is 9.04. The molecule has 1 aromatic carbocycles. The molecule has 5 nitrogen and oxygen atoms in total. The van der Waals surface area contributed by atoms with E-state index in [-0.39, 0.29) is 17.7 Å². The van der Waals surface area contributed by atoms with E-state index in [0.717, 1.165) is 6.07 Å². The smallest absolute Gasteiger partial charge is 0.356 e. The van der Waals surface area contributed by atoms with Crippen LogP contribution in [-0.2, 0) is 16.0 Å². The maximum atomic E-state index is 12.8. The van der Waals surface area contributed by atoms with Crippen LogP contribution in [0.4, 0.5) is 13.2 Å². The first kappa shape index (κ1) is 23.3. The highest BCUT2D eigenvalue weighted by Crippen LogP contribution is 2.31. The number of hydrogen-bond donors (Lipinski definition) is 2. The molecule has 0 aliphatic rings. The first-order valence-corrected chi connectivity index (χ1v) is 10.8. The number of sulfone groups is 1. The standard InChI is InChI=1S/C18H28F3N3O2S/c1-13(15-6-5-7-16(12-15)18(19,20)21)8-10-23-17(22-3)24-14(2)9-11-27(4,25)26/h5-7,12-14H,8-11H2,1-4H3,(H2,22,23,24). The molecule has 0 radical (unpaired) electrons. The van der Waals surface area contributed by atoms with Gasteiger partial charge in [0.2, 0.25) is 0 Å². The van der Waals surface area contributed by atoms with E-state index in [1.165, 1.54) is 18.4 Å². The lowest BCUT2D eigenvalue weighted by Gasteiger charge is -2.19. The minimum absolute atomic E-state index is 0.0550. The maximum absolute atomic E-state index is 12.8. The van der Waals surface area contributed by atoms with Crippen molar-refractivity contribution < 1.29 is 21.6 Å². The fourth-order valence-corrected chi connectivity index (χ4v) is 3.27. The van der Waals surface area contributed by atoms with Gasteiger partial charge in [-0.15, -0.1) is 0 Å². The van der Waals surface area contributed by atoms with Gasteiger partial charge in [0.1, 0.15) is 9.84 Å². The molecule has 0 amide bonds. The van der Waals surface area contributed by atoms with Gasteiger partial charge in [-0.05, 0) is 37.3 Å². The van der Waals surface area contributed by atoms with Crippen molar-refractivity contribution in [2.24, 2.45) is 4.99 Å². The normalized spacial score (nSPS) is 15.3. The minimum atomic E-state index is -4.35. The number of alkyl halides is 3. The third kappa shape index (κ3) is 9.12. The summed E-state index contributed by atoms with van der Waals surface area (Å²) >= 11 is 0. The SMILES string of the molecule is CN=C(NCCC(C)c1cccc(C(F)(F)F)c1)NC(C)CCS(C)(=O)=O. The Hall–Kier alpha value is -1.77. The summed E-state index contributed by atoms with van der Waals surface area (Å²) in [5.41, 5.74) is -0.00641. The van der Waals surface area contributed by atoms with Crippen LogP contribution < -0.4 is 10.6 Å². The molecule has 9 heteroatoms. The molecule has 0 aliphatic heterocycles. The summed E-state index contributed by atoms with van der Waals surface area (Å²) in [6.45, 7) is 4.27. The molecule has 2 N–H and O–H groups in total. The van der Waals surface area contributed by atoms with Gasteiger partial charge in [0.25, 0.3) is 0 Å². The number of rotatable bonds is 8. The van der Waals surface area contributed by atoms with Crippen LogP contribution in [0.15, 0.2) is 29.3 Å². The lowest BCUT2D eigenvalue weighted by Crippen LogP contribution is -2.43. The van der Waals surface area contributed by atoms with E-state index >= 15 is 0 Å². The first-order valence-electron chi connectivity index (χ1n) is 8.74. The quantitative estimate of drug-likeness (QED) is 0.513. The van der Waals surface area contributed by atoms with E-state index < -0.39 is 21.6 Å². The summed E-state index contributed by atoms with van der Waals surface area (Å²) in [5.74, 6) is 0.567. The van der Waals surface area contributed by atoms with Crippen LogP contribution in [0.2, 0.25) is 0 Å². The Morgan fingerprint density at radius 3 is 2.44 bits per heavy atom. The van der Waals surface area contributed by atoms with Gasteiger partial charge >= 0.3 is 6.18 Å². The van der Waals surface area contributed by atoms with Crippen LogP contribution in [-0.4, -0.2) is 46.0 Å². The second-order valence-electron chi connectivity index (χ2n) is 6.78. The molecule has 0 aromatic heterocycles. The first-order chi connectivity index (χ1) is 12.4. The maximum Gasteiger partial charge on any atom is 0.416 e. The molecule has 0 fully saturated rings. The van der Waals surface area contributed by atoms with Gasteiger partial charge in [-0.1, -0.05) is 25.1 Å². The van der Waals surface area contributed by atoms with E-state index in [9.17, 15) is 21.6 Å².